The Hall–Kier alpha value is -0.510. The summed E-state index contributed by atoms with van der Waals surface area (Å²) in [6.45, 7) is 3.28. The number of hydrogen-bond donors (Lipinski definition) is 0. The van der Waals surface area contributed by atoms with Gasteiger partial charge in [-0.05, 0) is 37.7 Å². The summed E-state index contributed by atoms with van der Waals surface area (Å²) >= 11 is 1.94. The Bertz CT molecular complexity index is 299. The molecule has 18 heavy (non-hydrogen) atoms. The summed E-state index contributed by atoms with van der Waals surface area (Å²) in [6.07, 6.45) is 14.3. The van der Waals surface area contributed by atoms with Gasteiger partial charge in [0.2, 0.25) is 0 Å². The normalized spacial score (nSPS) is 11.0. The highest BCUT2D eigenvalue weighted by atomic mass is 32.2. The first kappa shape index (κ1) is 15.5. The fraction of sp³-hybridized carbons (Fsp3) is 0.857. The molecule has 0 saturated carbocycles. The van der Waals surface area contributed by atoms with Crippen molar-refractivity contribution in [2.45, 2.75) is 64.8 Å². The molecule has 0 aromatic carbocycles. The number of aromatic nitrogens is 3. The molecule has 0 aliphatic heterocycles. The van der Waals surface area contributed by atoms with Crippen LogP contribution in [-0.2, 0) is 13.0 Å². The molecule has 1 aromatic heterocycles. The number of nitrogens with zero attached hydrogens (tertiary/aromatic N) is 3. The second-order valence-corrected chi connectivity index (χ2v) is 5.80. The van der Waals surface area contributed by atoms with Crippen LogP contribution in [0.25, 0.3) is 0 Å². The average Bonchev–Trinajstić information content (AvgIpc) is 2.82. The molecule has 0 radical (unpaired) electrons. The lowest BCUT2D eigenvalue weighted by Gasteiger charge is -2.05. The summed E-state index contributed by atoms with van der Waals surface area (Å²) in [6, 6.07) is 0. The van der Waals surface area contributed by atoms with Crippen LogP contribution in [0.3, 0.4) is 0 Å². The third-order valence-electron chi connectivity index (χ3n) is 3.20. The molecular weight excluding hydrogens is 242 g/mol. The van der Waals surface area contributed by atoms with Crippen molar-refractivity contribution in [1.82, 2.24) is 15.0 Å². The molecular formula is C14H27N3S. The van der Waals surface area contributed by atoms with Crippen molar-refractivity contribution in [3.8, 4) is 0 Å². The highest BCUT2D eigenvalue weighted by Crippen LogP contribution is 2.08. The van der Waals surface area contributed by atoms with E-state index in [-0.39, 0.29) is 0 Å². The Morgan fingerprint density at radius 1 is 1.11 bits per heavy atom. The van der Waals surface area contributed by atoms with Crippen LogP contribution < -0.4 is 0 Å². The van der Waals surface area contributed by atoms with E-state index in [9.17, 15) is 0 Å². The highest BCUT2D eigenvalue weighted by molar-refractivity contribution is 7.98. The van der Waals surface area contributed by atoms with Crippen LogP contribution in [0.4, 0.5) is 0 Å². The first-order valence-corrected chi connectivity index (χ1v) is 8.64. The van der Waals surface area contributed by atoms with Crippen molar-refractivity contribution in [3.63, 3.8) is 0 Å². The van der Waals surface area contributed by atoms with Crippen LogP contribution in [0.5, 0.6) is 0 Å². The molecule has 0 N–H and O–H groups in total. The smallest absolute Gasteiger partial charge is 0.0725 e. The predicted molar refractivity (Wildman–Crippen MR) is 80.1 cm³/mol. The Balaban J connectivity index is 2.15. The third-order valence-corrected chi connectivity index (χ3v) is 3.90. The maximum atomic E-state index is 4.19. The molecule has 0 saturated heterocycles. The fourth-order valence-corrected chi connectivity index (χ4v) is 2.57. The SMILES string of the molecule is CCCCCc1cnnn1CCCCCCSC. The number of aryl methyl sites for hydroxylation is 2. The van der Waals surface area contributed by atoms with E-state index in [4.69, 9.17) is 0 Å². The molecule has 1 rings (SSSR count). The van der Waals surface area contributed by atoms with E-state index in [0.717, 1.165) is 13.0 Å². The summed E-state index contributed by atoms with van der Waals surface area (Å²) in [4.78, 5) is 0. The van der Waals surface area contributed by atoms with Crippen LogP contribution in [0.2, 0.25) is 0 Å². The van der Waals surface area contributed by atoms with Crippen LogP contribution in [0, 0.1) is 0 Å². The van der Waals surface area contributed by atoms with E-state index in [1.54, 1.807) is 0 Å². The van der Waals surface area contributed by atoms with E-state index < -0.39 is 0 Å². The molecule has 0 fully saturated rings. The van der Waals surface area contributed by atoms with Crippen molar-refractivity contribution in [2.24, 2.45) is 0 Å². The quantitative estimate of drug-likeness (QED) is 0.570. The van der Waals surface area contributed by atoms with Crippen molar-refractivity contribution in [3.05, 3.63) is 11.9 Å². The van der Waals surface area contributed by atoms with Gasteiger partial charge in [0, 0.05) is 6.54 Å². The third kappa shape index (κ3) is 6.43. The molecule has 104 valence electrons. The monoisotopic (exact) mass is 269 g/mol. The summed E-state index contributed by atoms with van der Waals surface area (Å²) in [5.41, 5.74) is 1.31. The van der Waals surface area contributed by atoms with E-state index in [1.165, 1.54) is 56.4 Å². The summed E-state index contributed by atoms with van der Waals surface area (Å²) in [7, 11) is 0. The summed E-state index contributed by atoms with van der Waals surface area (Å²) in [5.74, 6) is 1.30. The zero-order chi connectivity index (χ0) is 13.1. The second-order valence-electron chi connectivity index (χ2n) is 4.81. The van der Waals surface area contributed by atoms with E-state index >= 15 is 0 Å². The highest BCUT2D eigenvalue weighted by Gasteiger charge is 2.03. The van der Waals surface area contributed by atoms with Crippen LogP contribution in [-0.4, -0.2) is 27.0 Å². The maximum absolute atomic E-state index is 4.19. The number of thioether (sulfide) groups is 1. The molecule has 1 aromatic rings. The van der Waals surface area contributed by atoms with Crippen LogP contribution >= 0.6 is 11.8 Å². The Kier molecular flexibility index (Phi) is 9.00. The van der Waals surface area contributed by atoms with Gasteiger partial charge in [-0.3, -0.25) is 0 Å². The van der Waals surface area contributed by atoms with Crippen molar-refractivity contribution in [1.29, 1.82) is 0 Å². The molecule has 0 amide bonds. The summed E-state index contributed by atoms with van der Waals surface area (Å²) < 4.78 is 2.10. The first-order valence-electron chi connectivity index (χ1n) is 7.24. The lowest BCUT2D eigenvalue weighted by Crippen LogP contribution is -2.05. The van der Waals surface area contributed by atoms with Crippen molar-refractivity contribution >= 4 is 11.8 Å². The van der Waals surface area contributed by atoms with Gasteiger partial charge in [-0.2, -0.15) is 11.8 Å². The van der Waals surface area contributed by atoms with Gasteiger partial charge in [0.05, 0.1) is 11.9 Å². The Labute approximate surface area is 116 Å². The molecule has 0 bridgehead atoms. The van der Waals surface area contributed by atoms with Crippen LogP contribution in [0.1, 0.15) is 57.6 Å². The van der Waals surface area contributed by atoms with Crippen molar-refractivity contribution in [2.75, 3.05) is 12.0 Å². The zero-order valence-electron chi connectivity index (χ0n) is 11.9. The Morgan fingerprint density at radius 3 is 2.72 bits per heavy atom. The van der Waals surface area contributed by atoms with Gasteiger partial charge in [-0.25, -0.2) is 4.68 Å². The molecule has 1 heterocycles. The molecule has 0 spiro atoms. The zero-order valence-corrected chi connectivity index (χ0v) is 12.7. The summed E-state index contributed by atoms with van der Waals surface area (Å²) in [5, 5.41) is 8.23. The number of unbranched alkanes of at least 4 members (excludes halogenated alkanes) is 5. The number of rotatable bonds is 11. The first-order chi connectivity index (χ1) is 8.88. The molecule has 0 atom stereocenters. The lowest BCUT2D eigenvalue weighted by molar-refractivity contribution is 0.507. The lowest BCUT2D eigenvalue weighted by atomic mass is 10.1. The van der Waals surface area contributed by atoms with Gasteiger partial charge in [0.1, 0.15) is 0 Å². The van der Waals surface area contributed by atoms with Gasteiger partial charge >= 0.3 is 0 Å². The van der Waals surface area contributed by atoms with E-state index in [0.29, 0.717) is 0 Å². The maximum Gasteiger partial charge on any atom is 0.0725 e. The minimum absolute atomic E-state index is 1.04. The molecule has 4 heteroatoms. The molecule has 0 aliphatic rings. The largest absolute Gasteiger partial charge is 0.249 e. The van der Waals surface area contributed by atoms with Gasteiger partial charge in [-0.1, -0.05) is 37.8 Å². The fourth-order valence-electron chi connectivity index (χ4n) is 2.08. The van der Waals surface area contributed by atoms with E-state index in [1.807, 2.05) is 18.0 Å². The molecule has 0 unspecified atom stereocenters. The topological polar surface area (TPSA) is 30.7 Å². The predicted octanol–water partition coefficient (Wildman–Crippen LogP) is 3.93. The molecule has 3 nitrogen and oxygen atoms in total. The van der Waals surface area contributed by atoms with Gasteiger partial charge in [0.25, 0.3) is 0 Å². The minimum atomic E-state index is 1.04. The van der Waals surface area contributed by atoms with Gasteiger partial charge in [0.15, 0.2) is 0 Å². The van der Waals surface area contributed by atoms with Gasteiger partial charge in [-0.15, -0.1) is 5.10 Å². The van der Waals surface area contributed by atoms with Crippen molar-refractivity contribution < 1.29 is 0 Å². The second kappa shape index (κ2) is 10.4. The van der Waals surface area contributed by atoms with E-state index in [2.05, 4.69) is 28.2 Å². The van der Waals surface area contributed by atoms with Gasteiger partial charge < -0.3 is 0 Å². The Morgan fingerprint density at radius 2 is 1.94 bits per heavy atom. The van der Waals surface area contributed by atoms with Crippen LogP contribution in [0.15, 0.2) is 6.20 Å². The standard InChI is InChI=1S/C14H27N3S/c1-3-4-7-10-14-13-15-16-17(14)11-8-5-6-9-12-18-2/h13H,3-12H2,1-2H3. The average molecular weight is 269 g/mol. The molecule has 0 aliphatic carbocycles. The number of hydrogen-bond acceptors (Lipinski definition) is 3. The minimum Gasteiger partial charge on any atom is -0.249 e.